The van der Waals surface area contributed by atoms with E-state index in [0.29, 0.717) is 11.1 Å². The smallest absolute Gasteiger partial charge is 0.270 e. The molecule has 2 rings (SSSR count). The predicted molar refractivity (Wildman–Crippen MR) is 110 cm³/mol. The van der Waals surface area contributed by atoms with Crippen LogP contribution < -0.4 is 10.6 Å². The fraction of sp³-hybridized carbons (Fsp3) is 0.100. The molecule has 2 N–H and O–H groups in total. The van der Waals surface area contributed by atoms with Crippen molar-refractivity contribution in [3.8, 4) is 0 Å². The summed E-state index contributed by atoms with van der Waals surface area (Å²) in [5.41, 5.74) is 0.884. The van der Waals surface area contributed by atoms with Gasteiger partial charge in [0.05, 0.1) is 9.85 Å². The molecular weight excluding hydrogens is 392 g/mol. The number of carbonyl (C=O) groups is 2. The number of benzene rings is 2. The fourth-order valence-electron chi connectivity index (χ4n) is 2.32. The molecule has 2 aromatic carbocycles. The van der Waals surface area contributed by atoms with Gasteiger partial charge >= 0.3 is 0 Å². The van der Waals surface area contributed by atoms with Gasteiger partial charge in [0.2, 0.25) is 11.8 Å². The van der Waals surface area contributed by atoms with Gasteiger partial charge in [0.25, 0.3) is 11.4 Å². The number of hydrogen-bond donors (Lipinski definition) is 2. The molecule has 0 heterocycles. The third kappa shape index (κ3) is 7.35. The molecule has 154 valence electrons. The molecule has 0 unspecified atom stereocenters. The summed E-state index contributed by atoms with van der Waals surface area (Å²) in [6.07, 6.45) is 5.37. The molecule has 0 atom stereocenters. The molecule has 2 amide bonds. The minimum atomic E-state index is -0.520. The first-order valence-electron chi connectivity index (χ1n) is 8.76. The second kappa shape index (κ2) is 10.9. The summed E-state index contributed by atoms with van der Waals surface area (Å²) in [4.78, 5) is 43.9. The van der Waals surface area contributed by atoms with Crippen LogP contribution in [0.5, 0.6) is 0 Å². The molecule has 30 heavy (non-hydrogen) atoms. The molecule has 0 saturated carbocycles. The molecule has 0 aliphatic rings. The highest BCUT2D eigenvalue weighted by Gasteiger charge is 2.05. The van der Waals surface area contributed by atoms with Crippen molar-refractivity contribution in [2.75, 3.05) is 13.1 Å². The maximum Gasteiger partial charge on any atom is 0.270 e. The van der Waals surface area contributed by atoms with E-state index in [1.165, 1.54) is 60.7 Å². The number of nitro benzene ring substituents is 2. The normalized spacial score (nSPS) is 10.8. The number of nitrogens with zero attached hydrogens (tertiary/aromatic N) is 2. The number of rotatable bonds is 9. The van der Waals surface area contributed by atoms with Crippen molar-refractivity contribution < 1.29 is 19.4 Å². The molecular formula is C20H18N4O6. The Balaban J connectivity index is 1.74. The summed E-state index contributed by atoms with van der Waals surface area (Å²) in [6.45, 7) is 0.350. The van der Waals surface area contributed by atoms with E-state index in [0.717, 1.165) is 0 Å². The maximum atomic E-state index is 11.8. The van der Waals surface area contributed by atoms with Crippen LogP contribution in [-0.4, -0.2) is 34.8 Å². The molecule has 10 heteroatoms. The van der Waals surface area contributed by atoms with E-state index in [4.69, 9.17) is 0 Å². The molecule has 0 bridgehead atoms. The molecule has 0 radical (unpaired) electrons. The lowest BCUT2D eigenvalue weighted by molar-refractivity contribution is -0.385. The lowest BCUT2D eigenvalue weighted by Gasteiger charge is -2.03. The van der Waals surface area contributed by atoms with Crippen molar-refractivity contribution in [1.29, 1.82) is 0 Å². The predicted octanol–water partition coefficient (Wildman–Crippen LogP) is 2.46. The van der Waals surface area contributed by atoms with Gasteiger partial charge in [0.15, 0.2) is 0 Å². The number of non-ortho nitro benzene ring substituents is 2. The summed E-state index contributed by atoms with van der Waals surface area (Å²) in [5.74, 6) is -0.828. The van der Waals surface area contributed by atoms with Crippen LogP contribution in [0.15, 0.2) is 60.7 Å². The third-order valence-corrected chi connectivity index (χ3v) is 3.74. The first-order valence-corrected chi connectivity index (χ1v) is 8.76. The zero-order valence-electron chi connectivity index (χ0n) is 15.7. The van der Waals surface area contributed by atoms with Crippen LogP contribution >= 0.6 is 0 Å². The number of amides is 2. The first-order chi connectivity index (χ1) is 14.3. The summed E-state index contributed by atoms with van der Waals surface area (Å²) < 4.78 is 0. The van der Waals surface area contributed by atoms with Crippen LogP contribution in [-0.2, 0) is 9.59 Å². The quantitative estimate of drug-likeness (QED) is 0.281. The maximum absolute atomic E-state index is 11.8. The fourth-order valence-corrected chi connectivity index (χ4v) is 2.32. The van der Waals surface area contributed by atoms with Gasteiger partial charge in [-0.25, -0.2) is 0 Å². The highest BCUT2D eigenvalue weighted by atomic mass is 16.6. The Labute approximate surface area is 171 Å². The Bertz CT molecular complexity index is 934. The lowest BCUT2D eigenvalue weighted by Crippen LogP contribution is -2.33. The van der Waals surface area contributed by atoms with Crippen molar-refractivity contribution in [3.63, 3.8) is 0 Å². The van der Waals surface area contributed by atoms with Gasteiger partial charge in [-0.05, 0) is 23.3 Å². The largest absolute Gasteiger partial charge is 0.351 e. The van der Waals surface area contributed by atoms with Gasteiger partial charge in [-0.3, -0.25) is 29.8 Å². The minimum absolute atomic E-state index is 0.0709. The molecule has 0 spiro atoms. The van der Waals surface area contributed by atoms with Crippen molar-refractivity contribution in [2.24, 2.45) is 0 Å². The molecule has 0 aliphatic heterocycles. The topological polar surface area (TPSA) is 144 Å². The number of hydrogen-bond acceptors (Lipinski definition) is 6. The highest BCUT2D eigenvalue weighted by molar-refractivity contribution is 5.92. The van der Waals surface area contributed by atoms with Crippen LogP contribution in [0, 0.1) is 20.2 Å². The number of nitrogens with one attached hydrogen (secondary N) is 2. The molecule has 0 fully saturated rings. The Morgan fingerprint density at radius 1 is 0.767 bits per heavy atom. The van der Waals surface area contributed by atoms with Crippen LogP contribution in [0.4, 0.5) is 11.4 Å². The lowest BCUT2D eigenvalue weighted by atomic mass is 10.2. The standard InChI is InChI=1S/C20H18N4O6/c25-19(9-7-15-3-1-5-17(13-15)23(27)28)21-11-12-22-20(26)10-8-16-4-2-6-18(14-16)24(29)30/h1-10,13-14H,11-12H2,(H,21,25)(H,22,26). The molecule has 10 nitrogen and oxygen atoms in total. The third-order valence-electron chi connectivity index (χ3n) is 3.74. The Morgan fingerprint density at radius 2 is 1.17 bits per heavy atom. The number of carbonyl (C=O) groups excluding carboxylic acids is 2. The first kappa shape index (κ1) is 22.0. The monoisotopic (exact) mass is 410 g/mol. The summed E-state index contributed by atoms with van der Waals surface area (Å²) in [7, 11) is 0. The van der Waals surface area contributed by atoms with Crippen LogP contribution in [0.1, 0.15) is 11.1 Å². The van der Waals surface area contributed by atoms with E-state index in [-0.39, 0.29) is 24.5 Å². The van der Waals surface area contributed by atoms with E-state index in [9.17, 15) is 29.8 Å². The van der Waals surface area contributed by atoms with Crippen LogP contribution in [0.2, 0.25) is 0 Å². The minimum Gasteiger partial charge on any atom is -0.351 e. The van der Waals surface area contributed by atoms with Gasteiger partial charge in [0, 0.05) is 49.5 Å². The Hall–Kier alpha value is -4.34. The molecule has 2 aromatic rings. The van der Waals surface area contributed by atoms with E-state index < -0.39 is 21.7 Å². The van der Waals surface area contributed by atoms with E-state index in [2.05, 4.69) is 10.6 Å². The SMILES string of the molecule is O=C(C=Cc1cccc([N+](=O)[O-])c1)NCCNC(=O)C=Cc1cccc([N+](=O)[O-])c1. The second-order valence-electron chi connectivity index (χ2n) is 5.95. The highest BCUT2D eigenvalue weighted by Crippen LogP contribution is 2.14. The van der Waals surface area contributed by atoms with Crippen molar-refractivity contribution in [1.82, 2.24) is 10.6 Å². The zero-order chi connectivity index (χ0) is 21.9. The van der Waals surface area contributed by atoms with Crippen LogP contribution in [0.3, 0.4) is 0 Å². The van der Waals surface area contributed by atoms with Gasteiger partial charge in [-0.2, -0.15) is 0 Å². The van der Waals surface area contributed by atoms with Crippen molar-refractivity contribution in [3.05, 3.63) is 92.0 Å². The zero-order valence-corrected chi connectivity index (χ0v) is 15.7. The number of nitro groups is 2. The average Bonchev–Trinajstić information content (AvgIpc) is 2.74. The molecule has 0 aromatic heterocycles. The van der Waals surface area contributed by atoms with E-state index in [1.54, 1.807) is 12.1 Å². The van der Waals surface area contributed by atoms with Crippen molar-refractivity contribution in [2.45, 2.75) is 0 Å². The van der Waals surface area contributed by atoms with Gasteiger partial charge in [0.1, 0.15) is 0 Å². The van der Waals surface area contributed by atoms with Crippen LogP contribution in [0.25, 0.3) is 12.2 Å². The van der Waals surface area contributed by atoms with Gasteiger partial charge in [-0.15, -0.1) is 0 Å². The summed E-state index contributed by atoms with van der Waals surface area (Å²) >= 11 is 0. The average molecular weight is 410 g/mol. The Morgan fingerprint density at radius 3 is 1.53 bits per heavy atom. The van der Waals surface area contributed by atoms with Gasteiger partial charge < -0.3 is 10.6 Å². The van der Waals surface area contributed by atoms with E-state index >= 15 is 0 Å². The van der Waals surface area contributed by atoms with Crippen molar-refractivity contribution >= 4 is 35.3 Å². The Kier molecular flexibility index (Phi) is 7.94. The summed E-state index contributed by atoms with van der Waals surface area (Å²) in [5, 5.41) is 26.6. The molecule has 0 aliphatic carbocycles. The summed E-state index contributed by atoms with van der Waals surface area (Å²) in [6, 6.07) is 11.7. The second-order valence-corrected chi connectivity index (χ2v) is 5.95. The molecule has 0 saturated heterocycles. The van der Waals surface area contributed by atoms with E-state index in [1.807, 2.05) is 0 Å². The van der Waals surface area contributed by atoms with Gasteiger partial charge in [-0.1, -0.05) is 24.3 Å².